The monoisotopic (exact) mass is 384 g/mol. The number of fused-ring (bicyclic) bond motifs is 1. The molecule has 0 aliphatic carbocycles. The second-order valence-electron chi connectivity index (χ2n) is 5.49. The highest BCUT2D eigenvalue weighted by Crippen LogP contribution is 2.31. The molecule has 7 heteroatoms. The van der Waals surface area contributed by atoms with E-state index < -0.39 is 5.63 Å². The Labute approximate surface area is 157 Å². The van der Waals surface area contributed by atoms with Gasteiger partial charge in [-0.15, -0.1) is 11.3 Å². The van der Waals surface area contributed by atoms with Crippen LogP contribution in [0.15, 0.2) is 63.1 Å². The van der Waals surface area contributed by atoms with Crippen LogP contribution in [-0.4, -0.2) is 12.1 Å². The lowest BCUT2D eigenvalue weighted by atomic mass is 10.1. The standard InChI is InChI=1S/C19H13ClN2O3S/c1-24-17-5-3-2-4-14(17)21-19-22-15(10-26-19)13-9-11-8-12(20)6-7-16(11)25-18(13)23/h2-10H,1H3,(H,21,22). The van der Waals surface area contributed by atoms with Gasteiger partial charge in [-0.25, -0.2) is 9.78 Å². The van der Waals surface area contributed by atoms with Gasteiger partial charge in [0.2, 0.25) is 0 Å². The third-order valence-electron chi connectivity index (χ3n) is 3.82. The molecule has 0 saturated carbocycles. The molecular formula is C19H13ClN2O3S. The second-order valence-corrected chi connectivity index (χ2v) is 6.79. The van der Waals surface area contributed by atoms with Gasteiger partial charge in [-0.1, -0.05) is 23.7 Å². The maximum atomic E-state index is 12.3. The molecule has 2 aromatic heterocycles. The third-order valence-corrected chi connectivity index (χ3v) is 4.82. The summed E-state index contributed by atoms with van der Waals surface area (Å²) in [5, 5.41) is 6.99. The van der Waals surface area contributed by atoms with Gasteiger partial charge < -0.3 is 14.5 Å². The smallest absolute Gasteiger partial charge is 0.345 e. The van der Waals surface area contributed by atoms with Crippen LogP contribution in [-0.2, 0) is 0 Å². The minimum atomic E-state index is -0.436. The quantitative estimate of drug-likeness (QED) is 0.482. The number of para-hydroxylation sites is 2. The average molecular weight is 385 g/mol. The fourth-order valence-electron chi connectivity index (χ4n) is 2.59. The first kappa shape index (κ1) is 16.6. The van der Waals surface area contributed by atoms with Crippen LogP contribution in [0.1, 0.15) is 0 Å². The lowest BCUT2D eigenvalue weighted by Gasteiger charge is -2.08. The Morgan fingerprint density at radius 2 is 2.04 bits per heavy atom. The van der Waals surface area contributed by atoms with Crippen molar-refractivity contribution < 1.29 is 9.15 Å². The first-order valence-electron chi connectivity index (χ1n) is 7.73. The number of ether oxygens (including phenoxy) is 1. The predicted octanol–water partition coefficient (Wildman–Crippen LogP) is 5.32. The van der Waals surface area contributed by atoms with E-state index in [-0.39, 0.29) is 0 Å². The number of rotatable bonds is 4. The average Bonchev–Trinajstić information content (AvgIpc) is 3.10. The number of benzene rings is 2. The normalized spacial score (nSPS) is 10.8. The van der Waals surface area contributed by atoms with Crippen LogP contribution >= 0.6 is 22.9 Å². The zero-order valence-corrected chi connectivity index (χ0v) is 15.2. The Balaban J connectivity index is 1.71. The first-order chi connectivity index (χ1) is 12.6. The van der Waals surface area contributed by atoms with Crippen LogP contribution in [0, 0.1) is 0 Å². The Morgan fingerprint density at radius 1 is 1.19 bits per heavy atom. The summed E-state index contributed by atoms with van der Waals surface area (Å²) >= 11 is 7.42. The van der Waals surface area contributed by atoms with Crippen LogP contribution in [0.5, 0.6) is 5.75 Å². The fraction of sp³-hybridized carbons (Fsp3) is 0.0526. The molecule has 0 fully saturated rings. The zero-order chi connectivity index (χ0) is 18.1. The summed E-state index contributed by atoms with van der Waals surface area (Å²) in [7, 11) is 1.61. The maximum absolute atomic E-state index is 12.3. The van der Waals surface area contributed by atoms with Crippen molar-refractivity contribution in [2.45, 2.75) is 0 Å². The van der Waals surface area contributed by atoms with E-state index >= 15 is 0 Å². The number of aromatic nitrogens is 1. The number of halogens is 1. The van der Waals surface area contributed by atoms with Crippen molar-refractivity contribution in [3.8, 4) is 17.0 Å². The van der Waals surface area contributed by atoms with Crippen molar-refractivity contribution in [1.29, 1.82) is 0 Å². The van der Waals surface area contributed by atoms with Crippen molar-refractivity contribution in [2.24, 2.45) is 0 Å². The van der Waals surface area contributed by atoms with E-state index in [1.807, 2.05) is 24.3 Å². The van der Waals surface area contributed by atoms with Gasteiger partial charge in [-0.05, 0) is 36.4 Å². The van der Waals surface area contributed by atoms with E-state index in [0.717, 1.165) is 11.1 Å². The number of methoxy groups -OCH3 is 1. The fourth-order valence-corrected chi connectivity index (χ4v) is 3.49. The summed E-state index contributed by atoms with van der Waals surface area (Å²) in [5.74, 6) is 0.712. The summed E-state index contributed by atoms with van der Waals surface area (Å²) in [6, 6.07) is 14.4. The molecule has 4 rings (SSSR count). The number of hydrogen-bond donors (Lipinski definition) is 1. The summed E-state index contributed by atoms with van der Waals surface area (Å²) in [5.41, 5.74) is 1.79. The second kappa shape index (κ2) is 6.82. The molecule has 2 heterocycles. The number of nitrogens with zero attached hydrogens (tertiary/aromatic N) is 1. The highest BCUT2D eigenvalue weighted by Gasteiger charge is 2.13. The summed E-state index contributed by atoms with van der Waals surface area (Å²) in [6.07, 6.45) is 0. The maximum Gasteiger partial charge on any atom is 0.345 e. The minimum absolute atomic E-state index is 0.393. The van der Waals surface area contributed by atoms with Gasteiger partial charge in [0.1, 0.15) is 11.3 Å². The SMILES string of the molecule is COc1ccccc1Nc1nc(-c2cc3cc(Cl)ccc3oc2=O)cs1. The Bertz CT molecular complexity index is 1150. The molecule has 0 spiro atoms. The molecule has 0 unspecified atom stereocenters. The molecule has 5 nitrogen and oxygen atoms in total. The van der Waals surface area contributed by atoms with Crippen molar-refractivity contribution in [1.82, 2.24) is 4.98 Å². The lowest BCUT2D eigenvalue weighted by molar-refractivity contribution is 0.417. The molecule has 0 radical (unpaired) electrons. The Hall–Kier alpha value is -2.83. The first-order valence-corrected chi connectivity index (χ1v) is 8.99. The lowest BCUT2D eigenvalue weighted by Crippen LogP contribution is -2.03. The highest BCUT2D eigenvalue weighted by atomic mass is 35.5. The van der Waals surface area contributed by atoms with E-state index in [9.17, 15) is 4.79 Å². The van der Waals surface area contributed by atoms with Crippen LogP contribution in [0.2, 0.25) is 5.02 Å². The highest BCUT2D eigenvalue weighted by molar-refractivity contribution is 7.14. The number of hydrogen-bond acceptors (Lipinski definition) is 6. The Kier molecular flexibility index (Phi) is 4.36. The van der Waals surface area contributed by atoms with E-state index in [0.29, 0.717) is 32.7 Å². The van der Waals surface area contributed by atoms with Crippen LogP contribution < -0.4 is 15.7 Å². The van der Waals surface area contributed by atoms with Gasteiger partial charge in [0, 0.05) is 15.8 Å². The van der Waals surface area contributed by atoms with Crippen molar-refractivity contribution in [3.05, 3.63) is 69.4 Å². The van der Waals surface area contributed by atoms with Gasteiger partial charge in [0.25, 0.3) is 0 Å². The molecule has 4 aromatic rings. The van der Waals surface area contributed by atoms with Crippen molar-refractivity contribution >= 4 is 44.7 Å². The van der Waals surface area contributed by atoms with Gasteiger partial charge in [0.15, 0.2) is 5.13 Å². The van der Waals surface area contributed by atoms with Crippen LogP contribution in [0.4, 0.5) is 10.8 Å². The van der Waals surface area contributed by atoms with Crippen molar-refractivity contribution in [3.63, 3.8) is 0 Å². The van der Waals surface area contributed by atoms with Crippen LogP contribution in [0.3, 0.4) is 0 Å². The number of thiazole rings is 1. The van der Waals surface area contributed by atoms with E-state index in [1.54, 1.807) is 36.8 Å². The molecule has 0 aliphatic rings. The van der Waals surface area contributed by atoms with Crippen molar-refractivity contribution in [2.75, 3.05) is 12.4 Å². The predicted molar refractivity (Wildman–Crippen MR) is 105 cm³/mol. The van der Waals surface area contributed by atoms with Gasteiger partial charge in [0.05, 0.1) is 24.1 Å². The molecule has 0 amide bonds. The third kappa shape index (κ3) is 3.16. The molecule has 0 bridgehead atoms. The molecule has 0 saturated heterocycles. The number of anilines is 2. The minimum Gasteiger partial charge on any atom is -0.495 e. The zero-order valence-electron chi connectivity index (χ0n) is 13.7. The molecule has 2 aromatic carbocycles. The molecular weight excluding hydrogens is 372 g/mol. The van der Waals surface area contributed by atoms with E-state index in [4.69, 9.17) is 20.8 Å². The molecule has 130 valence electrons. The van der Waals surface area contributed by atoms with Gasteiger partial charge in [-0.3, -0.25) is 0 Å². The summed E-state index contributed by atoms with van der Waals surface area (Å²) in [4.78, 5) is 16.8. The Morgan fingerprint density at radius 3 is 2.88 bits per heavy atom. The topological polar surface area (TPSA) is 64.4 Å². The summed E-state index contributed by atoms with van der Waals surface area (Å²) in [6.45, 7) is 0. The molecule has 1 N–H and O–H groups in total. The summed E-state index contributed by atoms with van der Waals surface area (Å²) < 4.78 is 10.7. The van der Waals surface area contributed by atoms with E-state index in [1.165, 1.54) is 11.3 Å². The van der Waals surface area contributed by atoms with Gasteiger partial charge in [-0.2, -0.15) is 0 Å². The molecule has 0 atom stereocenters. The number of nitrogens with one attached hydrogen (secondary N) is 1. The van der Waals surface area contributed by atoms with Gasteiger partial charge >= 0.3 is 5.63 Å². The van der Waals surface area contributed by atoms with E-state index in [2.05, 4.69) is 10.3 Å². The van der Waals surface area contributed by atoms with Crippen LogP contribution in [0.25, 0.3) is 22.2 Å². The molecule has 0 aliphatic heterocycles. The molecule has 26 heavy (non-hydrogen) atoms. The largest absolute Gasteiger partial charge is 0.495 e.